The quantitative estimate of drug-likeness (QED) is 0.557. The summed E-state index contributed by atoms with van der Waals surface area (Å²) in [5.41, 5.74) is 1.01. The first-order chi connectivity index (χ1) is 11.5. The number of fused-ring (bicyclic) bond motifs is 1. The number of benzene rings is 1. The van der Waals surface area contributed by atoms with Crippen LogP contribution in [-0.4, -0.2) is 30.4 Å². The number of terminal acetylenes is 1. The van der Waals surface area contributed by atoms with Gasteiger partial charge >= 0.3 is 0 Å². The minimum Gasteiger partial charge on any atom is -0.504 e. The molecule has 1 radical (unpaired) electrons. The fraction of sp³-hybridized carbons (Fsp3) is 0.235. The first-order valence-electron chi connectivity index (χ1n) is 7.27. The minimum atomic E-state index is -4.08. The molecule has 2 heterocycles. The number of hydrogen-bond donors (Lipinski definition) is 1. The summed E-state index contributed by atoms with van der Waals surface area (Å²) in [6.07, 6.45) is 5.24. The summed E-state index contributed by atoms with van der Waals surface area (Å²) in [5.74, 6) is 1.64. The van der Waals surface area contributed by atoms with Crippen LogP contribution < -0.4 is 4.31 Å². The van der Waals surface area contributed by atoms with Gasteiger partial charge in [-0.3, -0.25) is 0 Å². The van der Waals surface area contributed by atoms with Crippen LogP contribution in [0.15, 0.2) is 28.9 Å². The maximum atomic E-state index is 12.8. The molecule has 9 heteroatoms. The molecule has 0 saturated heterocycles. The number of sulfonamides is 1. The van der Waals surface area contributed by atoms with Crippen molar-refractivity contribution in [2.75, 3.05) is 10.8 Å². The second kappa shape index (κ2) is 9.86. The number of aliphatic hydroxyl groups is 1. The zero-order valence-electron chi connectivity index (χ0n) is 15.1. The van der Waals surface area contributed by atoms with Crippen LogP contribution >= 0.6 is 0 Å². The Morgan fingerprint density at radius 2 is 1.88 bits per heavy atom. The average Bonchev–Trinajstić information content (AvgIpc) is 3.04. The molecule has 0 amide bonds. The van der Waals surface area contributed by atoms with E-state index in [0.29, 0.717) is 11.1 Å². The number of hydrogen-bond acceptors (Lipinski definition) is 6. The van der Waals surface area contributed by atoms with Gasteiger partial charge in [0.2, 0.25) is 5.82 Å². The first-order valence-corrected chi connectivity index (χ1v) is 8.71. The standard InChI is InChI=1S/C14H11N3O4S.C2H6.CH3.Y/c1-3-8-17-14-11(15-21-16-14)12(18)13(22(17,19)20)10-7-5-4-6-9(10)2;1-2;;/h1,4-7,18H,8H2,2H3;1-2H3;1H3;/q;;-1;. The van der Waals surface area contributed by atoms with Crippen molar-refractivity contribution in [2.45, 2.75) is 20.8 Å². The maximum absolute atomic E-state index is 12.8. The van der Waals surface area contributed by atoms with Crippen molar-refractivity contribution in [3.63, 3.8) is 0 Å². The molecule has 0 atom stereocenters. The Morgan fingerprint density at radius 1 is 1.27 bits per heavy atom. The molecule has 137 valence electrons. The number of nitrogens with zero attached hydrogens (tertiary/aromatic N) is 3. The third-order valence-corrected chi connectivity index (χ3v) is 5.13. The van der Waals surface area contributed by atoms with Gasteiger partial charge < -0.3 is 12.5 Å². The van der Waals surface area contributed by atoms with E-state index in [0.717, 1.165) is 4.31 Å². The average molecular weight is 451 g/mol. The molecule has 7 nitrogen and oxygen atoms in total. The molecule has 0 saturated carbocycles. The molecule has 1 aliphatic rings. The molecule has 0 bridgehead atoms. The van der Waals surface area contributed by atoms with E-state index in [1.54, 1.807) is 31.2 Å². The third-order valence-electron chi connectivity index (χ3n) is 3.32. The van der Waals surface area contributed by atoms with Crippen molar-refractivity contribution in [2.24, 2.45) is 0 Å². The number of aliphatic hydroxyl groups excluding tert-OH is 1. The van der Waals surface area contributed by atoms with E-state index in [4.69, 9.17) is 6.42 Å². The molecular formula is C17H20N3O4SY-. The zero-order chi connectivity index (χ0) is 17.9. The second-order valence-electron chi connectivity index (χ2n) is 4.64. The molecule has 0 aliphatic carbocycles. The largest absolute Gasteiger partial charge is 0.504 e. The van der Waals surface area contributed by atoms with Crippen LogP contribution in [0.25, 0.3) is 10.7 Å². The Morgan fingerprint density at radius 3 is 2.46 bits per heavy atom. The Labute approximate surface area is 179 Å². The van der Waals surface area contributed by atoms with Crippen LogP contribution in [0.2, 0.25) is 0 Å². The first kappa shape index (κ1) is 24.3. The van der Waals surface area contributed by atoms with Gasteiger partial charge in [-0.2, -0.15) is 0 Å². The number of aryl methyl sites for hydroxylation is 1. The van der Waals surface area contributed by atoms with Crippen molar-refractivity contribution in [1.82, 2.24) is 10.3 Å². The van der Waals surface area contributed by atoms with Crippen LogP contribution in [-0.2, 0) is 42.7 Å². The predicted molar refractivity (Wildman–Crippen MR) is 97.8 cm³/mol. The summed E-state index contributed by atoms with van der Waals surface area (Å²) in [4.78, 5) is -0.260. The van der Waals surface area contributed by atoms with Gasteiger partial charge in [-0.05, 0) is 22.8 Å². The van der Waals surface area contributed by atoms with E-state index in [1.165, 1.54) is 0 Å². The van der Waals surface area contributed by atoms with Crippen LogP contribution in [0.4, 0.5) is 5.82 Å². The van der Waals surface area contributed by atoms with Gasteiger partial charge in [0.05, 0.1) is 6.54 Å². The van der Waals surface area contributed by atoms with Crippen molar-refractivity contribution in [3.05, 3.63) is 48.5 Å². The molecule has 0 unspecified atom stereocenters. The predicted octanol–water partition coefficient (Wildman–Crippen LogP) is 3.02. The molecule has 1 N–H and O–H groups in total. The summed E-state index contributed by atoms with van der Waals surface area (Å²) in [6, 6.07) is 6.80. The molecule has 2 aromatic rings. The molecule has 26 heavy (non-hydrogen) atoms. The normalized spacial score (nSPS) is 14.0. The van der Waals surface area contributed by atoms with Crippen molar-refractivity contribution in [3.8, 4) is 12.3 Å². The summed E-state index contributed by atoms with van der Waals surface area (Å²) in [7, 11) is -4.08. The van der Waals surface area contributed by atoms with Crippen molar-refractivity contribution < 1.29 is 50.9 Å². The van der Waals surface area contributed by atoms with Crippen molar-refractivity contribution in [1.29, 1.82) is 0 Å². The van der Waals surface area contributed by atoms with E-state index in [2.05, 4.69) is 20.9 Å². The summed E-state index contributed by atoms with van der Waals surface area (Å²) in [6.45, 7) is 5.50. The molecule has 1 aromatic carbocycles. The molecule has 3 rings (SSSR count). The molecule has 0 fully saturated rings. The fourth-order valence-corrected chi connectivity index (χ4v) is 3.95. The van der Waals surface area contributed by atoms with E-state index in [-0.39, 0.29) is 63.1 Å². The van der Waals surface area contributed by atoms with E-state index >= 15 is 0 Å². The number of rotatable bonds is 2. The smallest absolute Gasteiger partial charge is 0.270 e. The fourth-order valence-electron chi connectivity index (χ4n) is 2.29. The Balaban J connectivity index is 0.00000151. The van der Waals surface area contributed by atoms with Gasteiger partial charge in [-0.15, -0.1) is 6.42 Å². The van der Waals surface area contributed by atoms with Gasteiger partial charge in [0.25, 0.3) is 10.0 Å². The zero-order valence-corrected chi connectivity index (χ0v) is 18.7. The number of anilines is 1. The monoisotopic (exact) mass is 451 g/mol. The number of aromatic nitrogens is 2. The van der Waals surface area contributed by atoms with E-state index in [9.17, 15) is 13.5 Å². The SMILES string of the molecule is C#CCN1c2nonc2C(O)=C(c2ccccc2C)S1(=O)=O.CC.[CH3-].[Y]. The molecule has 0 spiro atoms. The van der Waals surface area contributed by atoms with Crippen LogP contribution in [0.3, 0.4) is 0 Å². The van der Waals surface area contributed by atoms with Crippen LogP contribution in [0.1, 0.15) is 30.7 Å². The van der Waals surface area contributed by atoms with Gasteiger partial charge in [0, 0.05) is 38.3 Å². The Bertz CT molecular complexity index is 929. The second-order valence-corrected chi connectivity index (χ2v) is 6.44. The van der Waals surface area contributed by atoms with Crippen molar-refractivity contribution >= 4 is 26.5 Å². The summed E-state index contributed by atoms with van der Waals surface area (Å²) >= 11 is 0. The summed E-state index contributed by atoms with van der Waals surface area (Å²) < 4.78 is 31.1. The molecule has 1 aromatic heterocycles. The van der Waals surface area contributed by atoms with Gasteiger partial charge in [0.15, 0.2) is 11.5 Å². The van der Waals surface area contributed by atoms with Gasteiger partial charge in [0.1, 0.15) is 4.91 Å². The van der Waals surface area contributed by atoms with Gasteiger partial charge in [-0.25, -0.2) is 17.4 Å². The van der Waals surface area contributed by atoms with E-state index in [1.807, 2.05) is 13.8 Å². The molecular weight excluding hydrogens is 431 g/mol. The maximum Gasteiger partial charge on any atom is 0.270 e. The third kappa shape index (κ3) is 4.00. The Kier molecular flexibility index (Phi) is 9.22. The van der Waals surface area contributed by atoms with Crippen LogP contribution in [0, 0.1) is 26.7 Å². The topological polar surface area (TPSA) is 96.5 Å². The van der Waals surface area contributed by atoms with E-state index < -0.39 is 15.8 Å². The minimum absolute atomic E-state index is 0. The van der Waals surface area contributed by atoms with Crippen LogP contribution in [0.5, 0.6) is 0 Å². The Hall–Kier alpha value is -1.69. The van der Waals surface area contributed by atoms with Gasteiger partial charge in [-0.1, -0.05) is 44.0 Å². The molecule has 1 aliphatic heterocycles. The summed E-state index contributed by atoms with van der Waals surface area (Å²) in [5, 5.41) is 17.5.